The molecule has 0 spiro atoms. The molecule has 2 N–H and O–H groups in total. The standard InChI is InChI=1S/C42H46F6N2S4/c1-5-27(23-25(3)31-11-7-9-13-33(31)41(43,44)45)15-17-29-19-21-51-37(29)39-35-36(50-54-49-35)40(53-39)38-30(20-22-52-38)18-16-28(6-2)24-26(4)32-12-8-10-14-34(32)42(46,47)48/h7-14,19-22,25-28,49-50H,5-6,15-18,23-24H2,1-4H3. The third-order valence-electron chi connectivity index (χ3n) is 10.9. The van der Waals surface area contributed by atoms with Crippen molar-refractivity contribution in [2.24, 2.45) is 11.8 Å². The Morgan fingerprint density at radius 3 is 1.37 bits per heavy atom. The summed E-state index contributed by atoms with van der Waals surface area (Å²) in [4.78, 5) is 4.82. The third-order valence-corrected chi connectivity index (χ3v) is 14.9. The second-order valence-corrected chi connectivity index (χ2v) is 17.9. The van der Waals surface area contributed by atoms with E-state index in [0.29, 0.717) is 24.0 Å². The number of nitrogens with one attached hydrogen (secondary N) is 2. The first kappa shape index (κ1) is 40.7. The lowest BCUT2D eigenvalue weighted by Gasteiger charge is -2.23. The predicted molar refractivity (Wildman–Crippen MR) is 219 cm³/mol. The Morgan fingerprint density at radius 2 is 0.981 bits per heavy atom. The van der Waals surface area contributed by atoms with E-state index in [2.05, 4.69) is 46.2 Å². The van der Waals surface area contributed by atoms with Crippen molar-refractivity contribution in [1.82, 2.24) is 0 Å². The summed E-state index contributed by atoms with van der Waals surface area (Å²) in [5.74, 6) is 0.175. The highest BCUT2D eigenvalue weighted by molar-refractivity contribution is 8.02. The van der Waals surface area contributed by atoms with Gasteiger partial charge in [-0.25, -0.2) is 0 Å². The van der Waals surface area contributed by atoms with Crippen molar-refractivity contribution in [2.45, 2.75) is 103 Å². The van der Waals surface area contributed by atoms with Crippen LogP contribution in [-0.4, -0.2) is 0 Å². The molecule has 4 unspecified atom stereocenters. The van der Waals surface area contributed by atoms with Gasteiger partial charge in [0.05, 0.1) is 44.4 Å². The van der Waals surface area contributed by atoms with Crippen LogP contribution in [-0.2, 0) is 25.2 Å². The van der Waals surface area contributed by atoms with Gasteiger partial charge in [-0.1, -0.05) is 76.9 Å². The van der Waals surface area contributed by atoms with E-state index in [9.17, 15) is 26.3 Å². The summed E-state index contributed by atoms with van der Waals surface area (Å²) >= 11 is 6.68. The van der Waals surface area contributed by atoms with E-state index in [1.54, 1.807) is 58.3 Å². The van der Waals surface area contributed by atoms with Crippen LogP contribution in [0.3, 0.4) is 0 Å². The Morgan fingerprint density at radius 1 is 0.574 bits per heavy atom. The Balaban J connectivity index is 1.15. The zero-order valence-corrected chi connectivity index (χ0v) is 34.1. The Hall–Kier alpha value is -2.93. The van der Waals surface area contributed by atoms with Gasteiger partial charge in [0.15, 0.2) is 0 Å². The largest absolute Gasteiger partial charge is 0.416 e. The van der Waals surface area contributed by atoms with Crippen LogP contribution in [0.1, 0.15) is 111 Å². The molecule has 2 aromatic carbocycles. The second kappa shape index (κ2) is 17.5. The molecule has 4 atom stereocenters. The number of alkyl halides is 6. The number of hydrogen-bond acceptors (Lipinski definition) is 6. The number of aryl methyl sites for hydroxylation is 2. The average molecular weight is 821 g/mol. The summed E-state index contributed by atoms with van der Waals surface area (Å²) in [7, 11) is 0. The van der Waals surface area contributed by atoms with Crippen LogP contribution < -0.4 is 9.44 Å². The summed E-state index contributed by atoms with van der Waals surface area (Å²) in [6, 6.07) is 16.3. The maximum absolute atomic E-state index is 13.8. The molecule has 0 radical (unpaired) electrons. The van der Waals surface area contributed by atoms with Gasteiger partial charge in [0.25, 0.3) is 0 Å². The van der Waals surface area contributed by atoms with Gasteiger partial charge >= 0.3 is 12.4 Å². The van der Waals surface area contributed by atoms with E-state index < -0.39 is 23.5 Å². The Bertz CT molecular complexity index is 1850. The van der Waals surface area contributed by atoms with E-state index in [4.69, 9.17) is 0 Å². The maximum Gasteiger partial charge on any atom is 0.416 e. The number of hydrogen-bond donors (Lipinski definition) is 2. The van der Waals surface area contributed by atoms with E-state index in [1.807, 2.05) is 13.8 Å². The summed E-state index contributed by atoms with van der Waals surface area (Å²) < 4.78 is 89.5. The van der Waals surface area contributed by atoms with Gasteiger partial charge in [0, 0.05) is 9.75 Å². The first-order chi connectivity index (χ1) is 25.8. The van der Waals surface area contributed by atoms with Crippen LogP contribution in [0.15, 0.2) is 71.4 Å². The van der Waals surface area contributed by atoms with Crippen LogP contribution >= 0.6 is 46.1 Å². The molecule has 5 aromatic rings. The van der Waals surface area contributed by atoms with Crippen molar-refractivity contribution in [1.29, 1.82) is 0 Å². The van der Waals surface area contributed by atoms with Crippen molar-refractivity contribution in [2.75, 3.05) is 9.44 Å². The first-order valence-electron chi connectivity index (χ1n) is 18.6. The molecule has 0 amide bonds. The third kappa shape index (κ3) is 9.19. The van der Waals surface area contributed by atoms with Crippen LogP contribution in [0, 0.1) is 11.8 Å². The van der Waals surface area contributed by atoms with E-state index in [0.717, 1.165) is 49.9 Å². The lowest BCUT2D eigenvalue weighted by Crippen LogP contribution is -2.13. The molecular formula is C42H46F6N2S4. The topological polar surface area (TPSA) is 24.1 Å². The zero-order chi connectivity index (χ0) is 38.6. The molecule has 6 rings (SSSR count). The minimum Gasteiger partial charge on any atom is -0.309 e. The van der Waals surface area contributed by atoms with Gasteiger partial charge in [0.1, 0.15) is 0 Å². The van der Waals surface area contributed by atoms with Crippen molar-refractivity contribution < 1.29 is 26.3 Å². The fraction of sp³-hybridized carbons (Fsp3) is 0.429. The van der Waals surface area contributed by atoms with Crippen LogP contribution in [0.2, 0.25) is 0 Å². The molecule has 290 valence electrons. The summed E-state index contributed by atoms with van der Waals surface area (Å²) in [6.45, 7) is 8.08. The van der Waals surface area contributed by atoms with E-state index in [-0.39, 0.29) is 23.7 Å². The zero-order valence-electron chi connectivity index (χ0n) is 30.8. The van der Waals surface area contributed by atoms with Crippen LogP contribution in [0.5, 0.6) is 0 Å². The van der Waals surface area contributed by atoms with Crippen molar-refractivity contribution in [3.63, 3.8) is 0 Å². The van der Waals surface area contributed by atoms with Crippen molar-refractivity contribution in [3.05, 3.63) is 105 Å². The number of rotatable bonds is 16. The molecule has 2 nitrogen and oxygen atoms in total. The summed E-state index contributed by atoms with van der Waals surface area (Å²) in [5, 5.41) is 4.26. The lowest BCUT2D eigenvalue weighted by molar-refractivity contribution is -0.139. The molecular weight excluding hydrogens is 775 g/mol. The lowest BCUT2D eigenvalue weighted by atomic mass is 9.84. The monoisotopic (exact) mass is 820 g/mol. The van der Waals surface area contributed by atoms with Gasteiger partial charge in [0.2, 0.25) is 0 Å². The molecule has 3 aromatic heterocycles. The van der Waals surface area contributed by atoms with Crippen LogP contribution in [0.25, 0.3) is 19.5 Å². The average Bonchev–Trinajstić information content (AvgIpc) is 3.97. The normalized spacial score (nSPS) is 15.4. The smallest absolute Gasteiger partial charge is 0.309 e. The van der Waals surface area contributed by atoms with Crippen molar-refractivity contribution in [3.8, 4) is 19.5 Å². The fourth-order valence-corrected chi connectivity index (χ4v) is 12.1. The molecule has 0 saturated carbocycles. The quantitative estimate of drug-likeness (QED) is 0.0766. The molecule has 1 aliphatic heterocycles. The SMILES string of the molecule is CCC(CCc1ccsc1-c1sc(-c2sccc2CCC(CC)CC(C)c2ccccc2C(F)(F)F)c2c1NSN2)CC(C)c1ccccc1C(F)(F)F. The molecule has 0 fully saturated rings. The molecule has 12 heteroatoms. The van der Waals surface area contributed by atoms with Gasteiger partial charge in [-0.15, -0.1) is 34.0 Å². The summed E-state index contributed by atoms with van der Waals surface area (Å²) in [6.07, 6.45) is -2.04. The number of benzene rings is 2. The van der Waals surface area contributed by atoms with Gasteiger partial charge in [-0.05, 0) is 119 Å². The maximum atomic E-state index is 13.8. The van der Waals surface area contributed by atoms with E-state index in [1.165, 1.54) is 67.0 Å². The van der Waals surface area contributed by atoms with E-state index >= 15 is 0 Å². The highest BCUT2D eigenvalue weighted by Gasteiger charge is 2.36. The molecule has 0 aliphatic carbocycles. The molecule has 0 bridgehead atoms. The number of thiophene rings is 3. The summed E-state index contributed by atoms with van der Waals surface area (Å²) in [5.41, 5.74) is 4.35. The first-order valence-corrected chi connectivity index (χ1v) is 22.0. The highest BCUT2D eigenvalue weighted by atomic mass is 32.2. The Kier molecular flexibility index (Phi) is 13.2. The second-order valence-electron chi connectivity index (χ2n) is 14.4. The molecule has 4 heterocycles. The number of fused-ring (bicyclic) bond motifs is 1. The van der Waals surface area contributed by atoms with Gasteiger partial charge in [-0.3, -0.25) is 0 Å². The fourth-order valence-electron chi connectivity index (χ4n) is 7.86. The van der Waals surface area contributed by atoms with Gasteiger partial charge < -0.3 is 9.44 Å². The van der Waals surface area contributed by atoms with Gasteiger partial charge in [-0.2, -0.15) is 26.3 Å². The minimum atomic E-state index is -4.37. The van der Waals surface area contributed by atoms with Crippen LogP contribution in [0.4, 0.5) is 37.7 Å². The molecule has 0 saturated heterocycles. The minimum absolute atomic E-state index is 0.202. The predicted octanol–water partition coefficient (Wildman–Crippen LogP) is 15.9. The highest BCUT2D eigenvalue weighted by Crippen LogP contribution is 2.56. The van der Waals surface area contributed by atoms with Crippen molar-refractivity contribution >= 4 is 57.5 Å². The Labute approximate surface area is 331 Å². The molecule has 1 aliphatic rings. The molecule has 54 heavy (non-hydrogen) atoms. The number of halogens is 6. The number of anilines is 2.